The molecule has 140 valence electrons. The summed E-state index contributed by atoms with van der Waals surface area (Å²) in [7, 11) is 0. The molecule has 2 aromatic rings. The summed E-state index contributed by atoms with van der Waals surface area (Å²) in [4.78, 5) is 11.6. The number of alkyl halides is 3. The van der Waals surface area contributed by atoms with Gasteiger partial charge in [0, 0.05) is 6.04 Å². The molecule has 4 nitrogen and oxygen atoms in total. The Bertz CT molecular complexity index is 775. The van der Waals surface area contributed by atoms with E-state index in [-0.39, 0.29) is 18.8 Å². The molecule has 0 aliphatic carbocycles. The Balaban J connectivity index is 2.30. The third-order valence-electron chi connectivity index (χ3n) is 3.76. The quantitative estimate of drug-likeness (QED) is 0.763. The number of carbonyl (C=O) groups is 1. The average molecular weight is 367 g/mol. The van der Waals surface area contributed by atoms with Crippen LogP contribution < -0.4 is 10.5 Å². The first kappa shape index (κ1) is 19.8. The number of halogens is 3. The van der Waals surface area contributed by atoms with Crippen molar-refractivity contribution in [2.45, 2.75) is 32.7 Å². The lowest BCUT2D eigenvalue weighted by Crippen LogP contribution is -2.17. The van der Waals surface area contributed by atoms with Crippen LogP contribution in [-0.2, 0) is 9.53 Å². The molecule has 2 rings (SSSR count). The molecule has 7 heteroatoms. The number of aryl methyl sites for hydroxylation is 1. The molecular weight excluding hydrogens is 347 g/mol. The zero-order chi connectivity index (χ0) is 19.3. The van der Waals surface area contributed by atoms with Gasteiger partial charge in [0.25, 0.3) is 0 Å². The van der Waals surface area contributed by atoms with Crippen molar-refractivity contribution in [3.63, 3.8) is 0 Å². The Hall–Kier alpha value is -2.54. The molecule has 0 amide bonds. The van der Waals surface area contributed by atoms with Gasteiger partial charge in [-0.3, -0.25) is 4.79 Å². The van der Waals surface area contributed by atoms with Crippen molar-refractivity contribution in [2.75, 3.05) is 6.61 Å². The van der Waals surface area contributed by atoms with E-state index in [1.807, 2.05) is 13.0 Å². The zero-order valence-electron chi connectivity index (χ0n) is 14.5. The monoisotopic (exact) mass is 367 g/mol. The number of esters is 1. The maximum Gasteiger partial charge on any atom is 0.573 e. The molecule has 0 bridgehead atoms. The highest BCUT2D eigenvalue weighted by molar-refractivity contribution is 5.72. The summed E-state index contributed by atoms with van der Waals surface area (Å²) in [6.07, 6.45) is -4.73. The lowest BCUT2D eigenvalue weighted by atomic mass is 9.94. The van der Waals surface area contributed by atoms with Crippen molar-refractivity contribution >= 4 is 5.97 Å². The van der Waals surface area contributed by atoms with Gasteiger partial charge in [0.05, 0.1) is 13.0 Å². The van der Waals surface area contributed by atoms with Gasteiger partial charge < -0.3 is 15.2 Å². The summed E-state index contributed by atoms with van der Waals surface area (Å²) >= 11 is 0. The van der Waals surface area contributed by atoms with E-state index in [2.05, 4.69) is 4.74 Å². The van der Waals surface area contributed by atoms with Crippen LogP contribution in [0, 0.1) is 6.92 Å². The molecule has 2 aromatic carbocycles. The van der Waals surface area contributed by atoms with Gasteiger partial charge in [-0.1, -0.05) is 24.3 Å². The van der Waals surface area contributed by atoms with Gasteiger partial charge in [-0.2, -0.15) is 0 Å². The van der Waals surface area contributed by atoms with E-state index in [1.165, 1.54) is 18.2 Å². The standard InChI is InChI=1S/C19H20F3NO3/c1-3-25-18(24)11-17(23)14-8-7-12(2)16(10-14)13-5-4-6-15(9-13)26-19(20,21)22/h4-10,17H,3,11,23H2,1-2H3. The van der Waals surface area contributed by atoms with E-state index in [4.69, 9.17) is 10.5 Å². The highest BCUT2D eigenvalue weighted by atomic mass is 19.4. The molecule has 0 heterocycles. The highest BCUT2D eigenvalue weighted by Gasteiger charge is 2.31. The fourth-order valence-corrected chi connectivity index (χ4v) is 2.56. The van der Waals surface area contributed by atoms with E-state index in [0.717, 1.165) is 11.1 Å². The maximum absolute atomic E-state index is 12.4. The van der Waals surface area contributed by atoms with Gasteiger partial charge in [0.15, 0.2) is 0 Å². The minimum absolute atomic E-state index is 0.0214. The Morgan fingerprint density at radius 1 is 1.19 bits per heavy atom. The topological polar surface area (TPSA) is 61.5 Å². The second kappa shape index (κ2) is 8.23. The van der Waals surface area contributed by atoms with Gasteiger partial charge >= 0.3 is 12.3 Å². The summed E-state index contributed by atoms with van der Waals surface area (Å²) in [6, 6.07) is 10.5. The smallest absolute Gasteiger partial charge is 0.466 e. The van der Waals surface area contributed by atoms with E-state index < -0.39 is 18.4 Å². The predicted octanol–water partition coefficient (Wildman–Crippen LogP) is 4.51. The first-order valence-corrected chi connectivity index (χ1v) is 8.07. The summed E-state index contributed by atoms with van der Waals surface area (Å²) in [5, 5.41) is 0. The molecule has 0 spiro atoms. The van der Waals surface area contributed by atoms with Crippen molar-refractivity contribution in [2.24, 2.45) is 5.73 Å². The second-order valence-corrected chi connectivity index (χ2v) is 5.77. The summed E-state index contributed by atoms with van der Waals surface area (Å²) < 4.78 is 46.1. The second-order valence-electron chi connectivity index (χ2n) is 5.77. The molecule has 0 aliphatic heterocycles. The Labute approximate surface area is 149 Å². The van der Waals surface area contributed by atoms with Crippen LogP contribution in [0.4, 0.5) is 13.2 Å². The molecule has 0 radical (unpaired) electrons. The molecule has 0 saturated carbocycles. The first-order valence-electron chi connectivity index (χ1n) is 8.07. The lowest BCUT2D eigenvalue weighted by Gasteiger charge is -2.15. The summed E-state index contributed by atoms with van der Waals surface area (Å²) in [5.41, 5.74) is 8.90. The number of hydrogen-bond acceptors (Lipinski definition) is 4. The van der Waals surface area contributed by atoms with E-state index in [9.17, 15) is 18.0 Å². The van der Waals surface area contributed by atoms with Crippen LogP contribution in [0.5, 0.6) is 5.75 Å². The molecule has 2 N–H and O–H groups in total. The molecule has 0 aliphatic rings. The summed E-state index contributed by atoms with van der Waals surface area (Å²) in [5.74, 6) is -0.696. The van der Waals surface area contributed by atoms with E-state index in [1.54, 1.807) is 25.1 Å². The Morgan fingerprint density at radius 2 is 1.92 bits per heavy atom. The number of ether oxygens (including phenoxy) is 2. The first-order chi connectivity index (χ1) is 12.2. The molecule has 1 atom stereocenters. The van der Waals surface area contributed by atoms with E-state index in [0.29, 0.717) is 11.1 Å². The van der Waals surface area contributed by atoms with Crippen molar-refractivity contribution in [1.29, 1.82) is 0 Å². The van der Waals surface area contributed by atoms with Crippen LogP contribution >= 0.6 is 0 Å². The van der Waals surface area contributed by atoms with Gasteiger partial charge in [-0.15, -0.1) is 13.2 Å². The largest absolute Gasteiger partial charge is 0.573 e. The van der Waals surface area contributed by atoms with Gasteiger partial charge in [0.1, 0.15) is 5.75 Å². The van der Waals surface area contributed by atoms with Gasteiger partial charge in [-0.25, -0.2) is 0 Å². The number of rotatable bonds is 6. The molecule has 0 fully saturated rings. The lowest BCUT2D eigenvalue weighted by molar-refractivity contribution is -0.274. The maximum atomic E-state index is 12.4. The molecule has 26 heavy (non-hydrogen) atoms. The van der Waals surface area contributed by atoms with Crippen molar-refractivity contribution in [3.05, 3.63) is 53.6 Å². The number of carbonyl (C=O) groups excluding carboxylic acids is 1. The molecule has 0 saturated heterocycles. The minimum Gasteiger partial charge on any atom is -0.466 e. The Morgan fingerprint density at radius 3 is 2.58 bits per heavy atom. The third kappa shape index (κ3) is 5.49. The normalized spacial score (nSPS) is 12.5. The zero-order valence-corrected chi connectivity index (χ0v) is 14.5. The SMILES string of the molecule is CCOC(=O)CC(N)c1ccc(C)c(-c2cccc(OC(F)(F)F)c2)c1. The fourth-order valence-electron chi connectivity index (χ4n) is 2.56. The van der Waals surface area contributed by atoms with Crippen LogP contribution in [0.15, 0.2) is 42.5 Å². The minimum atomic E-state index is -4.75. The van der Waals surface area contributed by atoms with Crippen LogP contribution in [0.1, 0.15) is 30.5 Å². The van der Waals surface area contributed by atoms with Crippen molar-refractivity contribution in [3.8, 4) is 16.9 Å². The number of benzene rings is 2. The van der Waals surface area contributed by atoms with Crippen molar-refractivity contribution in [1.82, 2.24) is 0 Å². The highest BCUT2D eigenvalue weighted by Crippen LogP contribution is 2.31. The van der Waals surface area contributed by atoms with Crippen LogP contribution in [0.25, 0.3) is 11.1 Å². The molecule has 1 unspecified atom stereocenters. The fraction of sp³-hybridized carbons (Fsp3) is 0.316. The number of nitrogens with two attached hydrogens (primary N) is 1. The van der Waals surface area contributed by atoms with Crippen LogP contribution in [-0.4, -0.2) is 18.9 Å². The van der Waals surface area contributed by atoms with Gasteiger partial charge in [-0.05, 0) is 54.3 Å². The predicted molar refractivity (Wildman–Crippen MR) is 91.5 cm³/mol. The molecule has 0 aromatic heterocycles. The van der Waals surface area contributed by atoms with Crippen LogP contribution in [0.2, 0.25) is 0 Å². The van der Waals surface area contributed by atoms with Gasteiger partial charge in [0.2, 0.25) is 0 Å². The number of hydrogen-bond donors (Lipinski definition) is 1. The molecular formula is C19H20F3NO3. The summed E-state index contributed by atoms with van der Waals surface area (Å²) in [6.45, 7) is 3.83. The van der Waals surface area contributed by atoms with Crippen molar-refractivity contribution < 1.29 is 27.4 Å². The van der Waals surface area contributed by atoms with Crippen LogP contribution in [0.3, 0.4) is 0 Å². The average Bonchev–Trinajstić information content (AvgIpc) is 2.54. The Kier molecular flexibility index (Phi) is 6.26. The van der Waals surface area contributed by atoms with E-state index >= 15 is 0 Å². The third-order valence-corrected chi connectivity index (χ3v) is 3.76.